The Balaban J connectivity index is 0.000000426. The summed E-state index contributed by atoms with van der Waals surface area (Å²) in [6.07, 6.45) is 0. The molecule has 0 spiro atoms. The van der Waals surface area contributed by atoms with Gasteiger partial charge in [0.25, 0.3) is 0 Å². The van der Waals surface area contributed by atoms with Crippen LogP contribution in [0.15, 0.2) is 60.7 Å². The molecular formula is C23H24O6. The van der Waals surface area contributed by atoms with Gasteiger partial charge in [0.2, 0.25) is 11.5 Å². The number of methoxy groups -OCH3 is 1. The van der Waals surface area contributed by atoms with Gasteiger partial charge in [-0.1, -0.05) is 60.7 Å². The molecule has 29 heavy (non-hydrogen) atoms. The van der Waals surface area contributed by atoms with Crippen LogP contribution in [0.4, 0.5) is 0 Å². The zero-order valence-corrected chi connectivity index (χ0v) is 16.9. The SMILES string of the molecule is CCOc1c(OC)c(OC(C)=O)c2ccccc2c1OC(C)=O.c1ccccc1. The summed E-state index contributed by atoms with van der Waals surface area (Å²) in [5.41, 5.74) is 0. The van der Waals surface area contributed by atoms with E-state index in [1.54, 1.807) is 31.2 Å². The van der Waals surface area contributed by atoms with Crippen LogP contribution in [-0.2, 0) is 9.59 Å². The Bertz CT molecular complexity index is 939. The number of rotatable bonds is 5. The largest absolute Gasteiger partial charge is 0.490 e. The fourth-order valence-corrected chi connectivity index (χ4v) is 2.67. The molecule has 3 aromatic carbocycles. The van der Waals surface area contributed by atoms with Crippen LogP contribution in [0.25, 0.3) is 10.8 Å². The van der Waals surface area contributed by atoms with Gasteiger partial charge in [-0.2, -0.15) is 0 Å². The molecule has 3 aromatic rings. The smallest absolute Gasteiger partial charge is 0.308 e. The van der Waals surface area contributed by atoms with Crippen LogP contribution in [0.1, 0.15) is 20.8 Å². The molecule has 6 nitrogen and oxygen atoms in total. The molecule has 3 rings (SSSR count). The quantitative estimate of drug-likeness (QED) is 0.456. The van der Waals surface area contributed by atoms with Gasteiger partial charge in [0.15, 0.2) is 11.5 Å². The summed E-state index contributed by atoms with van der Waals surface area (Å²) >= 11 is 0. The fraction of sp³-hybridized carbons (Fsp3) is 0.217. The number of carbonyl (C=O) groups excluding carboxylic acids is 2. The highest BCUT2D eigenvalue weighted by molar-refractivity contribution is 6.01. The molecule has 0 saturated carbocycles. The van der Waals surface area contributed by atoms with E-state index >= 15 is 0 Å². The van der Waals surface area contributed by atoms with Crippen molar-refractivity contribution in [2.45, 2.75) is 20.8 Å². The van der Waals surface area contributed by atoms with Crippen molar-refractivity contribution in [1.82, 2.24) is 0 Å². The van der Waals surface area contributed by atoms with E-state index in [9.17, 15) is 9.59 Å². The van der Waals surface area contributed by atoms with E-state index in [1.165, 1.54) is 21.0 Å². The molecule has 0 N–H and O–H groups in total. The number of benzene rings is 3. The number of ether oxygens (including phenoxy) is 4. The summed E-state index contributed by atoms with van der Waals surface area (Å²) < 4.78 is 21.6. The van der Waals surface area contributed by atoms with Gasteiger partial charge in [0.1, 0.15) is 0 Å². The highest BCUT2D eigenvalue weighted by atomic mass is 16.6. The Labute approximate surface area is 170 Å². The molecule has 0 aliphatic carbocycles. The first kappa shape index (κ1) is 21.8. The number of hydrogen-bond donors (Lipinski definition) is 0. The fourth-order valence-electron chi connectivity index (χ4n) is 2.67. The van der Waals surface area contributed by atoms with Crippen molar-refractivity contribution in [1.29, 1.82) is 0 Å². The van der Waals surface area contributed by atoms with Crippen LogP contribution >= 0.6 is 0 Å². The van der Waals surface area contributed by atoms with E-state index in [0.717, 1.165) is 0 Å². The van der Waals surface area contributed by atoms with Crippen LogP contribution in [0.5, 0.6) is 23.0 Å². The van der Waals surface area contributed by atoms with E-state index < -0.39 is 11.9 Å². The highest BCUT2D eigenvalue weighted by Crippen LogP contribution is 2.51. The molecule has 0 radical (unpaired) electrons. The van der Waals surface area contributed by atoms with E-state index in [0.29, 0.717) is 17.4 Å². The van der Waals surface area contributed by atoms with Gasteiger partial charge in [-0.05, 0) is 6.92 Å². The maximum Gasteiger partial charge on any atom is 0.308 e. The van der Waals surface area contributed by atoms with E-state index in [1.807, 2.05) is 36.4 Å². The maximum absolute atomic E-state index is 11.5. The second-order valence-corrected chi connectivity index (χ2v) is 5.84. The Morgan fingerprint density at radius 2 is 1.10 bits per heavy atom. The third-order valence-electron chi connectivity index (χ3n) is 3.69. The summed E-state index contributed by atoms with van der Waals surface area (Å²) in [7, 11) is 1.43. The van der Waals surface area contributed by atoms with Crippen LogP contribution in [0.3, 0.4) is 0 Å². The molecule has 0 saturated heterocycles. The summed E-state index contributed by atoms with van der Waals surface area (Å²) in [5.74, 6) is -0.0793. The first-order chi connectivity index (χ1) is 14.0. The standard InChI is InChI=1S/C17H18O6.C6H6/c1-5-21-17-15(23-11(3)19)13-9-7-6-8-12(13)14(16(17)20-4)22-10(2)18;1-2-4-6-5-3-1/h6-9H,5H2,1-4H3;1-6H. The Morgan fingerprint density at radius 1 is 0.690 bits per heavy atom. The molecule has 0 atom stereocenters. The van der Waals surface area contributed by atoms with Crippen LogP contribution in [-0.4, -0.2) is 25.7 Å². The summed E-state index contributed by atoms with van der Waals surface area (Å²) in [6, 6.07) is 19.1. The van der Waals surface area contributed by atoms with Gasteiger partial charge in [0, 0.05) is 24.6 Å². The highest BCUT2D eigenvalue weighted by Gasteiger charge is 2.25. The molecule has 0 amide bonds. The zero-order chi connectivity index (χ0) is 21.2. The van der Waals surface area contributed by atoms with E-state index in [4.69, 9.17) is 18.9 Å². The van der Waals surface area contributed by atoms with Crippen LogP contribution in [0, 0.1) is 0 Å². The molecule has 0 aliphatic rings. The molecule has 0 aromatic heterocycles. The third kappa shape index (κ3) is 5.72. The molecule has 0 fully saturated rings. The van der Waals surface area contributed by atoms with Crippen molar-refractivity contribution in [3.05, 3.63) is 60.7 Å². The summed E-state index contributed by atoms with van der Waals surface area (Å²) in [6.45, 7) is 4.71. The molecule has 152 valence electrons. The monoisotopic (exact) mass is 396 g/mol. The number of fused-ring (bicyclic) bond motifs is 1. The molecule has 0 unspecified atom stereocenters. The predicted molar refractivity (Wildman–Crippen MR) is 111 cm³/mol. The number of carbonyl (C=O) groups is 2. The minimum atomic E-state index is -0.490. The van der Waals surface area contributed by atoms with Gasteiger partial charge in [0.05, 0.1) is 13.7 Å². The molecule has 0 bridgehead atoms. The van der Waals surface area contributed by atoms with Crippen molar-refractivity contribution in [2.75, 3.05) is 13.7 Å². The average molecular weight is 396 g/mol. The molecular weight excluding hydrogens is 372 g/mol. The second-order valence-electron chi connectivity index (χ2n) is 5.84. The lowest BCUT2D eigenvalue weighted by Gasteiger charge is -2.19. The van der Waals surface area contributed by atoms with Gasteiger partial charge in [-0.3, -0.25) is 9.59 Å². The lowest BCUT2D eigenvalue weighted by Crippen LogP contribution is -2.09. The predicted octanol–water partition coefficient (Wildman–Crippen LogP) is 4.78. The lowest BCUT2D eigenvalue weighted by molar-refractivity contribution is -0.133. The van der Waals surface area contributed by atoms with Crippen LogP contribution in [0.2, 0.25) is 0 Å². The van der Waals surface area contributed by atoms with Crippen LogP contribution < -0.4 is 18.9 Å². The number of esters is 2. The van der Waals surface area contributed by atoms with Gasteiger partial charge in [-0.25, -0.2) is 0 Å². The third-order valence-corrected chi connectivity index (χ3v) is 3.69. The van der Waals surface area contributed by atoms with Gasteiger partial charge in [-0.15, -0.1) is 0 Å². The zero-order valence-electron chi connectivity index (χ0n) is 16.9. The minimum absolute atomic E-state index is 0.206. The van der Waals surface area contributed by atoms with Crippen molar-refractivity contribution in [2.24, 2.45) is 0 Å². The maximum atomic E-state index is 11.5. The summed E-state index contributed by atoms with van der Waals surface area (Å²) in [4.78, 5) is 22.9. The lowest BCUT2D eigenvalue weighted by atomic mass is 10.1. The van der Waals surface area contributed by atoms with E-state index in [2.05, 4.69) is 0 Å². The molecule has 6 heteroatoms. The van der Waals surface area contributed by atoms with E-state index in [-0.39, 0.29) is 23.0 Å². The number of hydrogen-bond acceptors (Lipinski definition) is 6. The van der Waals surface area contributed by atoms with Gasteiger partial charge >= 0.3 is 11.9 Å². The minimum Gasteiger partial charge on any atom is -0.490 e. The van der Waals surface area contributed by atoms with Crippen molar-refractivity contribution in [3.8, 4) is 23.0 Å². The average Bonchev–Trinajstić information content (AvgIpc) is 2.72. The first-order valence-electron chi connectivity index (χ1n) is 9.11. The van der Waals surface area contributed by atoms with Crippen molar-refractivity contribution >= 4 is 22.7 Å². The Morgan fingerprint density at radius 3 is 1.45 bits per heavy atom. The second kappa shape index (κ2) is 10.7. The Kier molecular flexibility index (Phi) is 8.03. The Hall–Kier alpha value is -3.54. The topological polar surface area (TPSA) is 71.1 Å². The first-order valence-corrected chi connectivity index (χ1v) is 9.11. The van der Waals surface area contributed by atoms with Crippen molar-refractivity contribution < 1.29 is 28.5 Å². The molecule has 0 aliphatic heterocycles. The summed E-state index contributed by atoms with van der Waals surface area (Å²) in [5, 5.41) is 1.17. The normalized spacial score (nSPS) is 9.79. The van der Waals surface area contributed by atoms with Crippen molar-refractivity contribution in [3.63, 3.8) is 0 Å². The van der Waals surface area contributed by atoms with Gasteiger partial charge < -0.3 is 18.9 Å². The molecule has 0 heterocycles.